The molecule has 0 aromatic heterocycles. The first kappa shape index (κ1) is 22.1. The molecular weight excluding hydrogens is 468 g/mol. The van der Waals surface area contributed by atoms with Crippen LogP contribution in [0.1, 0.15) is 41.6 Å². The van der Waals surface area contributed by atoms with Gasteiger partial charge in [-0.15, -0.1) is 0 Å². The van der Waals surface area contributed by atoms with Crippen LogP contribution in [0.5, 0.6) is 5.75 Å². The topological polar surface area (TPSA) is 67.4 Å². The maximum absolute atomic E-state index is 13.4. The van der Waals surface area contributed by atoms with Gasteiger partial charge in [0.05, 0.1) is 12.5 Å². The molecule has 5 nitrogen and oxygen atoms in total. The van der Waals surface area contributed by atoms with Crippen LogP contribution in [0.2, 0.25) is 0 Å². The number of hydrogen-bond donors (Lipinski definition) is 2. The molecule has 0 bridgehead atoms. The fraction of sp³-hybridized carbons (Fsp3) is 0.231. The van der Waals surface area contributed by atoms with Crippen LogP contribution in [0.3, 0.4) is 0 Å². The molecule has 4 rings (SSSR count). The predicted molar refractivity (Wildman–Crippen MR) is 130 cm³/mol. The average molecular weight is 493 g/mol. The van der Waals surface area contributed by atoms with Crippen molar-refractivity contribution in [2.45, 2.75) is 31.1 Å². The standard InChI is InChI=1S/C26H25BrN2O3/c1-32-23-14-12-22(13-15-23)29-25(31)26(16-2-3-17-26)19-6-10-21(11-7-19)28-24(30)18-4-8-20(27)9-5-18/h4-15H,2-3,16-17H2,1H3,(H,28,30)(H,29,31). The summed E-state index contributed by atoms with van der Waals surface area (Å²) >= 11 is 3.38. The molecule has 3 aromatic carbocycles. The van der Waals surface area contributed by atoms with Crippen molar-refractivity contribution >= 4 is 39.1 Å². The first-order valence-electron chi connectivity index (χ1n) is 10.6. The van der Waals surface area contributed by atoms with Crippen LogP contribution in [0.25, 0.3) is 0 Å². The van der Waals surface area contributed by atoms with Gasteiger partial charge in [-0.05, 0) is 79.1 Å². The Kier molecular flexibility index (Phi) is 6.61. The minimum Gasteiger partial charge on any atom is -0.497 e. The lowest BCUT2D eigenvalue weighted by Gasteiger charge is -2.28. The minimum absolute atomic E-state index is 0.00631. The minimum atomic E-state index is -0.561. The van der Waals surface area contributed by atoms with Crippen molar-refractivity contribution in [3.63, 3.8) is 0 Å². The molecule has 0 aliphatic heterocycles. The predicted octanol–water partition coefficient (Wildman–Crippen LogP) is 6.16. The molecule has 164 valence electrons. The highest BCUT2D eigenvalue weighted by Crippen LogP contribution is 2.42. The van der Waals surface area contributed by atoms with Gasteiger partial charge < -0.3 is 15.4 Å². The van der Waals surface area contributed by atoms with Crippen molar-refractivity contribution in [1.29, 1.82) is 0 Å². The Balaban J connectivity index is 1.49. The summed E-state index contributed by atoms with van der Waals surface area (Å²) in [5, 5.41) is 6.00. The summed E-state index contributed by atoms with van der Waals surface area (Å²) in [5.74, 6) is 0.587. The van der Waals surface area contributed by atoms with Crippen molar-refractivity contribution in [2.24, 2.45) is 0 Å². The van der Waals surface area contributed by atoms with Gasteiger partial charge >= 0.3 is 0 Å². The van der Waals surface area contributed by atoms with E-state index in [0.29, 0.717) is 11.3 Å². The van der Waals surface area contributed by atoms with Gasteiger partial charge in [-0.2, -0.15) is 0 Å². The van der Waals surface area contributed by atoms with E-state index >= 15 is 0 Å². The molecule has 2 N–H and O–H groups in total. The molecule has 0 atom stereocenters. The molecule has 3 aromatic rings. The number of methoxy groups -OCH3 is 1. The maximum atomic E-state index is 13.4. The highest BCUT2D eigenvalue weighted by molar-refractivity contribution is 9.10. The third kappa shape index (κ3) is 4.70. The number of carbonyl (C=O) groups is 2. The number of carbonyl (C=O) groups excluding carboxylic acids is 2. The van der Waals surface area contributed by atoms with Gasteiger partial charge in [0.1, 0.15) is 5.75 Å². The second-order valence-electron chi connectivity index (χ2n) is 8.01. The van der Waals surface area contributed by atoms with E-state index < -0.39 is 5.41 Å². The Morgan fingerprint density at radius 3 is 1.97 bits per heavy atom. The van der Waals surface area contributed by atoms with Crippen LogP contribution in [-0.2, 0) is 10.2 Å². The molecule has 1 fully saturated rings. The van der Waals surface area contributed by atoms with Gasteiger partial charge in [0, 0.05) is 21.4 Å². The fourth-order valence-electron chi connectivity index (χ4n) is 4.23. The van der Waals surface area contributed by atoms with Crippen molar-refractivity contribution in [3.05, 3.63) is 88.4 Å². The summed E-state index contributed by atoms with van der Waals surface area (Å²) in [6.45, 7) is 0. The van der Waals surface area contributed by atoms with Crippen LogP contribution < -0.4 is 15.4 Å². The molecule has 0 heterocycles. The quantitative estimate of drug-likeness (QED) is 0.432. The highest BCUT2D eigenvalue weighted by Gasteiger charge is 2.42. The Bertz CT molecular complexity index is 1090. The molecule has 0 spiro atoms. The number of benzene rings is 3. The molecule has 0 radical (unpaired) electrons. The number of nitrogens with one attached hydrogen (secondary N) is 2. The van der Waals surface area contributed by atoms with Crippen LogP contribution in [0.15, 0.2) is 77.3 Å². The third-order valence-corrected chi connectivity index (χ3v) is 6.57. The van der Waals surface area contributed by atoms with Crippen molar-refractivity contribution in [2.75, 3.05) is 17.7 Å². The normalized spacial score (nSPS) is 14.6. The van der Waals surface area contributed by atoms with Crippen molar-refractivity contribution in [1.82, 2.24) is 0 Å². The number of halogens is 1. The van der Waals surface area contributed by atoms with E-state index in [9.17, 15) is 9.59 Å². The monoisotopic (exact) mass is 492 g/mol. The zero-order valence-electron chi connectivity index (χ0n) is 17.9. The number of hydrogen-bond acceptors (Lipinski definition) is 3. The van der Waals surface area contributed by atoms with E-state index in [4.69, 9.17) is 4.74 Å². The molecule has 1 aliphatic carbocycles. The summed E-state index contributed by atoms with van der Waals surface area (Å²) in [7, 11) is 1.62. The van der Waals surface area contributed by atoms with Gasteiger partial charge in [-0.1, -0.05) is 40.9 Å². The van der Waals surface area contributed by atoms with E-state index in [1.807, 2.05) is 60.7 Å². The van der Waals surface area contributed by atoms with E-state index in [1.165, 1.54) is 0 Å². The van der Waals surface area contributed by atoms with E-state index in [1.54, 1.807) is 19.2 Å². The van der Waals surface area contributed by atoms with Crippen LogP contribution in [0.4, 0.5) is 11.4 Å². The maximum Gasteiger partial charge on any atom is 0.255 e. The average Bonchev–Trinajstić information content (AvgIpc) is 3.32. The van der Waals surface area contributed by atoms with Crippen LogP contribution >= 0.6 is 15.9 Å². The number of amides is 2. The second kappa shape index (κ2) is 9.57. The Labute approximate surface area is 196 Å². The first-order valence-corrected chi connectivity index (χ1v) is 11.4. The third-order valence-electron chi connectivity index (χ3n) is 6.04. The lowest BCUT2D eigenvalue weighted by atomic mass is 9.78. The molecule has 1 saturated carbocycles. The van der Waals surface area contributed by atoms with Crippen LogP contribution in [-0.4, -0.2) is 18.9 Å². The zero-order valence-corrected chi connectivity index (χ0v) is 19.4. The zero-order chi connectivity index (χ0) is 22.6. The number of anilines is 2. The number of ether oxygens (including phenoxy) is 1. The van der Waals surface area contributed by atoms with Gasteiger partial charge in [0.2, 0.25) is 5.91 Å². The van der Waals surface area contributed by atoms with Crippen LogP contribution in [0, 0.1) is 0 Å². The second-order valence-corrected chi connectivity index (χ2v) is 8.93. The largest absolute Gasteiger partial charge is 0.497 e. The Hall–Kier alpha value is -3.12. The Morgan fingerprint density at radius 2 is 1.38 bits per heavy atom. The molecule has 1 aliphatic rings. The molecule has 2 amide bonds. The highest BCUT2D eigenvalue weighted by atomic mass is 79.9. The van der Waals surface area contributed by atoms with E-state index in [2.05, 4.69) is 26.6 Å². The summed E-state index contributed by atoms with van der Waals surface area (Å²) in [4.78, 5) is 25.8. The van der Waals surface area contributed by atoms with Gasteiger partial charge in [0.15, 0.2) is 0 Å². The number of rotatable bonds is 6. The SMILES string of the molecule is COc1ccc(NC(=O)C2(c3ccc(NC(=O)c4ccc(Br)cc4)cc3)CCCC2)cc1. The smallest absolute Gasteiger partial charge is 0.255 e. The van der Waals surface area contributed by atoms with Crippen molar-refractivity contribution < 1.29 is 14.3 Å². The lowest BCUT2D eigenvalue weighted by Crippen LogP contribution is -2.38. The molecule has 0 saturated heterocycles. The van der Waals surface area contributed by atoms with Gasteiger partial charge in [-0.25, -0.2) is 0 Å². The summed E-state index contributed by atoms with van der Waals surface area (Å²) < 4.78 is 6.11. The molecule has 0 unspecified atom stereocenters. The van der Waals surface area contributed by atoms with Gasteiger partial charge in [0.25, 0.3) is 5.91 Å². The summed E-state index contributed by atoms with van der Waals surface area (Å²) in [5.41, 5.74) is 2.45. The summed E-state index contributed by atoms with van der Waals surface area (Å²) in [6, 6.07) is 22.2. The molecular formula is C26H25BrN2O3. The van der Waals surface area contributed by atoms with Gasteiger partial charge in [-0.3, -0.25) is 9.59 Å². The summed E-state index contributed by atoms with van der Waals surface area (Å²) in [6.07, 6.45) is 3.63. The molecule has 32 heavy (non-hydrogen) atoms. The fourth-order valence-corrected chi connectivity index (χ4v) is 4.49. The first-order chi connectivity index (χ1) is 15.5. The Morgan fingerprint density at radius 1 is 0.812 bits per heavy atom. The van der Waals surface area contributed by atoms with E-state index in [-0.39, 0.29) is 11.8 Å². The molecule has 6 heteroatoms. The van der Waals surface area contributed by atoms with E-state index in [0.717, 1.165) is 47.2 Å². The lowest BCUT2D eigenvalue weighted by molar-refractivity contribution is -0.121. The van der Waals surface area contributed by atoms with Crippen molar-refractivity contribution in [3.8, 4) is 5.75 Å².